The predicted molar refractivity (Wildman–Crippen MR) is 84.0 cm³/mol. The van der Waals surface area contributed by atoms with Gasteiger partial charge < -0.3 is 10.5 Å². The minimum absolute atomic E-state index is 0.129. The van der Waals surface area contributed by atoms with Gasteiger partial charge in [0.2, 0.25) is 5.30 Å². The Morgan fingerprint density at radius 1 is 1.19 bits per heavy atom. The molecule has 0 fully saturated rings. The van der Waals surface area contributed by atoms with Crippen LogP contribution in [0.1, 0.15) is 18.1 Å². The molecule has 0 aromatic heterocycles. The highest BCUT2D eigenvalue weighted by Crippen LogP contribution is 2.19. The van der Waals surface area contributed by atoms with Crippen molar-refractivity contribution in [3.8, 4) is 5.75 Å². The minimum atomic E-state index is -2.36. The Bertz CT molecular complexity index is 611. The summed E-state index contributed by atoms with van der Waals surface area (Å²) >= 11 is 0. The monoisotopic (exact) mass is 304 g/mol. The van der Waals surface area contributed by atoms with Crippen molar-refractivity contribution in [1.82, 2.24) is 0 Å². The van der Waals surface area contributed by atoms with Gasteiger partial charge in [-0.1, -0.05) is 30.3 Å². The molecule has 0 saturated heterocycles. The summed E-state index contributed by atoms with van der Waals surface area (Å²) in [5.74, 6) is 0.728. The zero-order valence-electron chi connectivity index (χ0n) is 11.9. The number of ether oxygens (including phenoxy) is 1. The summed E-state index contributed by atoms with van der Waals surface area (Å²) in [7, 11) is -2.36. The largest absolute Gasteiger partial charge is 0.546 e. The lowest BCUT2D eigenvalue weighted by molar-refractivity contribution is 0.307. The quantitative estimate of drug-likeness (QED) is 0.804. The van der Waals surface area contributed by atoms with Crippen LogP contribution in [0.25, 0.3) is 0 Å². The minimum Gasteiger partial charge on any atom is -0.489 e. The van der Waals surface area contributed by atoms with E-state index in [1.165, 1.54) is 0 Å². The van der Waals surface area contributed by atoms with Gasteiger partial charge in [-0.25, -0.2) is 0 Å². The highest BCUT2D eigenvalue weighted by molar-refractivity contribution is 7.47. The van der Waals surface area contributed by atoms with E-state index in [4.69, 9.17) is 10.5 Å². The Kier molecular flexibility index (Phi) is 5.45. The van der Waals surface area contributed by atoms with E-state index < -0.39 is 8.03 Å². The average Bonchev–Trinajstić information content (AvgIpc) is 2.46. The second-order valence-corrected chi connectivity index (χ2v) is 6.04. The Morgan fingerprint density at radius 2 is 1.86 bits per heavy atom. The molecule has 0 heterocycles. The topological polar surface area (TPSA) is 72.5 Å². The molecule has 2 rings (SSSR count). The van der Waals surface area contributed by atoms with Crippen LogP contribution < -0.4 is 15.8 Å². The summed E-state index contributed by atoms with van der Waals surface area (Å²) in [6.45, 7) is 2.24. The molecule has 3 N–H and O–H groups in total. The van der Waals surface area contributed by atoms with Crippen LogP contribution in [0.4, 0.5) is 0 Å². The van der Waals surface area contributed by atoms with Gasteiger partial charge >= 0.3 is 8.03 Å². The molecule has 21 heavy (non-hydrogen) atoms. The van der Waals surface area contributed by atoms with Crippen LogP contribution >= 0.6 is 8.03 Å². The third-order valence-corrected chi connectivity index (χ3v) is 3.92. The maximum Gasteiger partial charge on any atom is 0.546 e. The smallest absolute Gasteiger partial charge is 0.489 e. The zero-order chi connectivity index (χ0) is 15.2. The van der Waals surface area contributed by atoms with E-state index in [1.807, 2.05) is 37.3 Å². The molecule has 0 bridgehead atoms. The van der Waals surface area contributed by atoms with E-state index in [0.29, 0.717) is 5.30 Å². The van der Waals surface area contributed by atoms with Crippen molar-refractivity contribution in [3.05, 3.63) is 59.7 Å². The third kappa shape index (κ3) is 4.64. The molecule has 0 aliphatic heterocycles. The van der Waals surface area contributed by atoms with Gasteiger partial charge in [0.15, 0.2) is 0 Å². The van der Waals surface area contributed by atoms with Crippen LogP contribution in [0.3, 0.4) is 0 Å². The lowest BCUT2D eigenvalue weighted by atomic mass is 10.1. The lowest BCUT2D eigenvalue weighted by Crippen LogP contribution is -2.17. The average molecular weight is 304 g/mol. The highest BCUT2D eigenvalue weighted by Gasteiger charge is 2.20. The first kappa shape index (κ1) is 15.6. The summed E-state index contributed by atoms with van der Waals surface area (Å²) in [5.41, 5.74) is 7.65. The van der Waals surface area contributed by atoms with Crippen molar-refractivity contribution in [1.29, 1.82) is 0 Å². The van der Waals surface area contributed by atoms with Crippen LogP contribution in [-0.2, 0) is 17.6 Å². The van der Waals surface area contributed by atoms with E-state index in [-0.39, 0.29) is 12.6 Å². The molecule has 2 aromatic carbocycles. The van der Waals surface area contributed by atoms with Gasteiger partial charge in [0.25, 0.3) is 0 Å². The van der Waals surface area contributed by atoms with Crippen LogP contribution in [0.2, 0.25) is 0 Å². The lowest BCUT2D eigenvalue weighted by Gasteiger charge is -2.08. The van der Waals surface area contributed by atoms with E-state index in [0.717, 1.165) is 23.3 Å². The first-order chi connectivity index (χ1) is 10.1. The maximum absolute atomic E-state index is 11.3. The summed E-state index contributed by atoms with van der Waals surface area (Å²) in [6, 6.07) is 14.9. The second kappa shape index (κ2) is 7.32. The van der Waals surface area contributed by atoms with Crippen molar-refractivity contribution in [2.24, 2.45) is 5.73 Å². The Labute approximate surface area is 125 Å². The molecule has 0 spiro atoms. The predicted octanol–water partition coefficient (Wildman–Crippen LogP) is 2.52. The van der Waals surface area contributed by atoms with Crippen molar-refractivity contribution in [2.45, 2.75) is 26.0 Å². The maximum atomic E-state index is 11.3. The summed E-state index contributed by atoms with van der Waals surface area (Å²) in [5, 5.41) is 0.418. The summed E-state index contributed by atoms with van der Waals surface area (Å²) < 4.78 is 16.9. The van der Waals surface area contributed by atoms with E-state index >= 15 is 0 Å². The number of benzene rings is 2. The zero-order valence-corrected chi connectivity index (χ0v) is 12.8. The van der Waals surface area contributed by atoms with Crippen LogP contribution in [0, 0.1) is 0 Å². The van der Waals surface area contributed by atoms with Gasteiger partial charge in [-0.05, 0) is 41.7 Å². The fraction of sp³-hybridized carbons (Fsp3) is 0.250. The third-order valence-electron chi connectivity index (χ3n) is 3.07. The molecular weight excluding hydrogens is 285 g/mol. The molecule has 2 atom stereocenters. The van der Waals surface area contributed by atoms with Crippen molar-refractivity contribution in [3.63, 3.8) is 0 Å². The number of nitrogens with two attached hydrogens (primary N) is 1. The molecule has 5 heteroatoms. The van der Waals surface area contributed by atoms with Crippen molar-refractivity contribution >= 4 is 13.3 Å². The molecule has 1 unspecified atom stereocenters. The number of rotatable bonds is 6. The first-order valence-corrected chi connectivity index (χ1v) is 7.99. The fourth-order valence-electron chi connectivity index (χ4n) is 2.07. The molecule has 2 aromatic rings. The Balaban J connectivity index is 2.02. The van der Waals surface area contributed by atoms with Gasteiger partial charge in [0.05, 0.1) is 0 Å². The molecule has 0 saturated carbocycles. The molecule has 4 nitrogen and oxygen atoms in total. The number of hydrogen-bond donors (Lipinski definition) is 2. The van der Waals surface area contributed by atoms with Gasteiger partial charge in [-0.2, -0.15) is 4.89 Å². The van der Waals surface area contributed by atoms with Gasteiger partial charge in [0, 0.05) is 11.6 Å². The normalized spacial score (nSPS) is 12.8. The van der Waals surface area contributed by atoms with Crippen molar-refractivity contribution in [2.75, 3.05) is 0 Å². The molecule has 0 radical (unpaired) electrons. The molecule has 0 amide bonds. The Hall–Kier alpha value is -1.74. The van der Waals surface area contributed by atoms with Crippen LogP contribution in [0.5, 0.6) is 5.75 Å². The Morgan fingerprint density at radius 3 is 2.48 bits per heavy atom. The van der Waals surface area contributed by atoms with Gasteiger partial charge in [0.1, 0.15) is 12.4 Å². The van der Waals surface area contributed by atoms with Crippen molar-refractivity contribution < 1.29 is 14.2 Å². The first-order valence-electron chi connectivity index (χ1n) is 6.77. The molecule has 110 valence electrons. The van der Waals surface area contributed by atoms with E-state index in [2.05, 4.69) is 0 Å². The standard InChI is InChI=1S/C16H18NO3P/c1-12(17)10-13-6-8-15(9-7-13)20-11-14-4-2-3-5-16(14)21(18)19/h2-9,12H,10-11,17H2,1H3/p+1/t12-/m1/s1. The highest BCUT2D eigenvalue weighted by atomic mass is 31.1. The summed E-state index contributed by atoms with van der Waals surface area (Å²) in [6.07, 6.45) is 0.827. The number of hydrogen-bond acceptors (Lipinski definition) is 3. The summed E-state index contributed by atoms with van der Waals surface area (Å²) in [4.78, 5) is 9.26. The molecule has 0 aliphatic carbocycles. The SMILES string of the molecule is C[C@@H](N)Cc1ccc(OCc2ccccc2[P+](=O)O)cc1. The van der Waals surface area contributed by atoms with E-state index in [9.17, 15) is 9.46 Å². The molecule has 0 aliphatic rings. The van der Waals surface area contributed by atoms with Crippen LogP contribution in [-0.4, -0.2) is 10.9 Å². The molecular formula is C16H19NO3P+. The van der Waals surface area contributed by atoms with E-state index in [1.54, 1.807) is 18.2 Å². The second-order valence-electron chi connectivity index (χ2n) is 5.02. The van der Waals surface area contributed by atoms with Crippen LogP contribution in [0.15, 0.2) is 48.5 Å². The van der Waals surface area contributed by atoms with Gasteiger partial charge in [-0.15, -0.1) is 0 Å². The fourth-order valence-corrected chi connectivity index (χ4v) is 2.67. The van der Waals surface area contributed by atoms with Gasteiger partial charge in [-0.3, -0.25) is 0 Å².